The van der Waals surface area contributed by atoms with Gasteiger partial charge in [-0.05, 0) is 51.1 Å². The summed E-state index contributed by atoms with van der Waals surface area (Å²) in [5.74, 6) is -0.130. The Labute approximate surface area is 114 Å². The number of piperidine rings is 2. The highest BCUT2D eigenvalue weighted by Gasteiger charge is 2.32. The molecule has 1 unspecified atom stereocenters. The van der Waals surface area contributed by atoms with Crippen LogP contribution in [-0.4, -0.2) is 59.0 Å². The van der Waals surface area contributed by atoms with Gasteiger partial charge < -0.3 is 10.0 Å². The molecule has 2 saturated heterocycles. The highest BCUT2D eigenvalue weighted by molar-refractivity contribution is 5.85. The van der Waals surface area contributed by atoms with E-state index in [4.69, 9.17) is 0 Å². The maximum Gasteiger partial charge on any atom is 0.326 e. The van der Waals surface area contributed by atoms with Gasteiger partial charge in [0.05, 0.1) is 6.54 Å². The van der Waals surface area contributed by atoms with E-state index in [1.165, 1.54) is 0 Å². The summed E-state index contributed by atoms with van der Waals surface area (Å²) in [6.45, 7) is 5.14. The highest BCUT2D eigenvalue weighted by atomic mass is 16.4. The van der Waals surface area contributed by atoms with Crippen LogP contribution in [0, 0.1) is 5.92 Å². The molecule has 0 aromatic heterocycles. The van der Waals surface area contributed by atoms with Crippen molar-refractivity contribution in [3.63, 3.8) is 0 Å². The zero-order valence-corrected chi connectivity index (χ0v) is 11.7. The fraction of sp³-hybridized carbons (Fsp3) is 0.857. The molecule has 0 saturated carbocycles. The number of carboxylic acid groups (broad SMARTS) is 1. The van der Waals surface area contributed by atoms with Crippen LogP contribution in [0.4, 0.5) is 0 Å². The number of likely N-dealkylation sites (tertiary alicyclic amines) is 2. The Balaban J connectivity index is 1.89. The average Bonchev–Trinajstić information content (AvgIpc) is 2.41. The van der Waals surface area contributed by atoms with Crippen LogP contribution in [0.15, 0.2) is 0 Å². The molecule has 2 aliphatic rings. The van der Waals surface area contributed by atoms with Crippen molar-refractivity contribution >= 4 is 11.9 Å². The van der Waals surface area contributed by atoms with Crippen LogP contribution in [0.1, 0.15) is 39.0 Å². The van der Waals surface area contributed by atoms with E-state index in [0.29, 0.717) is 19.5 Å². The van der Waals surface area contributed by atoms with E-state index in [9.17, 15) is 14.7 Å². The van der Waals surface area contributed by atoms with E-state index in [2.05, 4.69) is 11.8 Å². The zero-order chi connectivity index (χ0) is 13.8. The first kappa shape index (κ1) is 14.3. The van der Waals surface area contributed by atoms with Crippen LogP contribution in [0.5, 0.6) is 0 Å². The number of rotatable bonds is 3. The van der Waals surface area contributed by atoms with Crippen LogP contribution in [0.2, 0.25) is 0 Å². The van der Waals surface area contributed by atoms with Crippen LogP contribution >= 0.6 is 0 Å². The van der Waals surface area contributed by atoms with E-state index in [1.54, 1.807) is 4.90 Å². The van der Waals surface area contributed by atoms with Crippen molar-refractivity contribution in [1.29, 1.82) is 0 Å². The molecule has 1 N–H and O–H groups in total. The van der Waals surface area contributed by atoms with Gasteiger partial charge in [-0.2, -0.15) is 0 Å². The van der Waals surface area contributed by atoms with Crippen molar-refractivity contribution in [3.8, 4) is 0 Å². The molecule has 108 valence electrons. The molecule has 1 atom stereocenters. The normalized spacial score (nSPS) is 26.4. The Hall–Kier alpha value is -1.10. The van der Waals surface area contributed by atoms with Crippen molar-refractivity contribution in [2.75, 3.05) is 26.2 Å². The predicted molar refractivity (Wildman–Crippen MR) is 71.8 cm³/mol. The second kappa shape index (κ2) is 6.37. The molecule has 0 spiro atoms. The number of aliphatic carboxylic acids is 1. The molecule has 0 radical (unpaired) electrons. The van der Waals surface area contributed by atoms with E-state index >= 15 is 0 Å². The maximum atomic E-state index is 12.3. The third-order valence-corrected chi connectivity index (χ3v) is 4.34. The largest absolute Gasteiger partial charge is 0.480 e. The van der Waals surface area contributed by atoms with Gasteiger partial charge in [-0.3, -0.25) is 9.69 Å². The minimum Gasteiger partial charge on any atom is -0.480 e. The smallest absolute Gasteiger partial charge is 0.326 e. The van der Waals surface area contributed by atoms with Gasteiger partial charge in [0.15, 0.2) is 0 Å². The van der Waals surface area contributed by atoms with Crippen LogP contribution in [0.25, 0.3) is 0 Å². The van der Waals surface area contributed by atoms with Crippen LogP contribution in [0.3, 0.4) is 0 Å². The third-order valence-electron chi connectivity index (χ3n) is 4.34. The summed E-state index contributed by atoms with van der Waals surface area (Å²) in [6.07, 6.45) is 4.69. The monoisotopic (exact) mass is 268 g/mol. The lowest BCUT2D eigenvalue weighted by atomic mass is 9.99. The number of carboxylic acids is 1. The minimum absolute atomic E-state index is 0.0124. The summed E-state index contributed by atoms with van der Waals surface area (Å²) in [5.41, 5.74) is 0. The Bertz CT molecular complexity index is 338. The van der Waals surface area contributed by atoms with Crippen molar-refractivity contribution in [3.05, 3.63) is 0 Å². The standard InChI is InChI=1S/C14H24N2O3/c1-11-5-8-15(9-6-11)10-13(17)16-7-3-2-4-12(16)14(18)19/h11-12H,2-10H2,1H3,(H,18,19). The molecule has 5 heteroatoms. The molecule has 19 heavy (non-hydrogen) atoms. The molecule has 0 aromatic rings. The third kappa shape index (κ3) is 3.69. The number of carbonyl (C=O) groups excluding carboxylic acids is 1. The first-order valence-corrected chi connectivity index (χ1v) is 7.32. The average molecular weight is 268 g/mol. The molecule has 0 aromatic carbocycles. The van der Waals surface area contributed by atoms with Crippen LogP contribution in [-0.2, 0) is 9.59 Å². The predicted octanol–water partition coefficient (Wildman–Crippen LogP) is 1.18. The van der Waals surface area contributed by atoms with Gasteiger partial charge in [0.1, 0.15) is 6.04 Å². The van der Waals surface area contributed by atoms with Gasteiger partial charge in [-0.25, -0.2) is 4.79 Å². The second-order valence-corrected chi connectivity index (χ2v) is 5.90. The van der Waals surface area contributed by atoms with Crippen LogP contribution < -0.4 is 0 Å². The summed E-state index contributed by atoms with van der Waals surface area (Å²) in [6, 6.07) is -0.607. The topological polar surface area (TPSA) is 60.9 Å². The first-order valence-electron chi connectivity index (χ1n) is 7.32. The molecule has 2 rings (SSSR count). The van der Waals surface area contributed by atoms with Crippen molar-refractivity contribution in [2.45, 2.75) is 45.1 Å². The lowest BCUT2D eigenvalue weighted by Gasteiger charge is -2.36. The minimum atomic E-state index is -0.861. The Morgan fingerprint density at radius 1 is 1.11 bits per heavy atom. The molecule has 0 bridgehead atoms. The number of nitrogens with zero attached hydrogens (tertiary/aromatic N) is 2. The summed E-state index contributed by atoms with van der Waals surface area (Å²) >= 11 is 0. The molecule has 0 aliphatic carbocycles. The lowest BCUT2D eigenvalue weighted by Crippen LogP contribution is -2.51. The summed E-state index contributed by atoms with van der Waals surface area (Å²) in [7, 11) is 0. The Morgan fingerprint density at radius 2 is 1.79 bits per heavy atom. The van der Waals surface area contributed by atoms with E-state index in [-0.39, 0.29) is 5.91 Å². The fourth-order valence-corrected chi connectivity index (χ4v) is 2.99. The zero-order valence-electron chi connectivity index (χ0n) is 11.7. The summed E-state index contributed by atoms with van der Waals surface area (Å²) < 4.78 is 0. The van der Waals surface area contributed by atoms with E-state index in [0.717, 1.165) is 44.7 Å². The van der Waals surface area contributed by atoms with Gasteiger partial charge >= 0.3 is 5.97 Å². The van der Waals surface area contributed by atoms with Gasteiger partial charge in [-0.1, -0.05) is 6.92 Å². The molecule has 2 heterocycles. The number of carbonyl (C=O) groups is 2. The first-order chi connectivity index (χ1) is 9.08. The maximum absolute atomic E-state index is 12.3. The molecular formula is C14H24N2O3. The van der Waals surface area contributed by atoms with Gasteiger partial charge in [0, 0.05) is 6.54 Å². The fourth-order valence-electron chi connectivity index (χ4n) is 2.99. The van der Waals surface area contributed by atoms with E-state index < -0.39 is 12.0 Å². The molecule has 1 amide bonds. The molecule has 5 nitrogen and oxygen atoms in total. The number of amides is 1. The number of hydrogen-bond acceptors (Lipinski definition) is 3. The van der Waals surface area contributed by atoms with Crippen molar-refractivity contribution < 1.29 is 14.7 Å². The van der Waals surface area contributed by atoms with Gasteiger partial charge in [0.25, 0.3) is 0 Å². The van der Waals surface area contributed by atoms with Crippen molar-refractivity contribution in [2.24, 2.45) is 5.92 Å². The Kier molecular flexibility index (Phi) is 4.80. The lowest BCUT2D eigenvalue weighted by molar-refractivity contribution is -0.152. The molecule has 2 aliphatic heterocycles. The second-order valence-electron chi connectivity index (χ2n) is 5.90. The molecule has 2 fully saturated rings. The SMILES string of the molecule is CC1CCN(CC(=O)N2CCCCC2C(=O)O)CC1. The summed E-state index contributed by atoms with van der Waals surface area (Å²) in [5, 5.41) is 9.19. The summed E-state index contributed by atoms with van der Waals surface area (Å²) in [4.78, 5) is 27.2. The quantitative estimate of drug-likeness (QED) is 0.835. The highest BCUT2D eigenvalue weighted by Crippen LogP contribution is 2.19. The van der Waals surface area contributed by atoms with E-state index in [1.807, 2.05) is 0 Å². The van der Waals surface area contributed by atoms with Gasteiger partial charge in [0.2, 0.25) is 5.91 Å². The molecular weight excluding hydrogens is 244 g/mol. The van der Waals surface area contributed by atoms with Gasteiger partial charge in [-0.15, -0.1) is 0 Å². The Morgan fingerprint density at radius 3 is 2.42 bits per heavy atom. The van der Waals surface area contributed by atoms with Crippen molar-refractivity contribution in [1.82, 2.24) is 9.80 Å². The number of hydrogen-bond donors (Lipinski definition) is 1.